The summed E-state index contributed by atoms with van der Waals surface area (Å²) in [5.74, 6) is 0.132. The van der Waals surface area contributed by atoms with Gasteiger partial charge in [-0.3, -0.25) is 4.79 Å². The summed E-state index contributed by atoms with van der Waals surface area (Å²) in [6.07, 6.45) is 2.31. The molecule has 0 aromatic carbocycles. The molecule has 3 nitrogen and oxygen atoms in total. The minimum atomic E-state index is 0.132. The van der Waals surface area contributed by atoms with E-state index in [1.165, 1.54) is 11.3 Å². The van der Waals surface area contributed by atoms with E-state index in [1.807, 2.05) is 30.3 Å². The second kappa shape index (κ2) is 4.18. The number of nitrogens with zero attached hydrogens (tertiary/aromatic N) is 1. The zero-order chi connectivity index (χ0) is 11.8. The maximum atomic E-state index is 12.1. The lowest BCUT2D eigenvalue weighted by Crippen LogP contribution is -2.35. The van der Waals surface area contributed by atoms with Crippen LogP contribution in [0.15, 0.2) is 11.4 Å². The third-order valence-corrected chi connectivity index (χ3v) is 4.37. The quantitative estimate of drug-likeness (QED) is 0.870. The van der Waals surface area contributed by atoms with Crippen molar-refractivity contribution in [3.05, 3.63) is 21.9 Å². The molecule has 0 spiro atoms. The van der Waals surface area contributed by atoms with Crippen molar-refractivity contribution in [3.63, 3.8) is 0 Å². The van der Waals surface area contributed by atoms with Crippen molar-refractivity contribution in [1.29, 1.82) is 0 Å². The fourth-order valence-corrected chi connectivity index (χ4v) is 2.86. The Kier molecular flexibility index (Phi) is 3.04. The van der Waals surface area contributed by atoms with Crippen LogP contribution in [0.2, 0.25) is 0 Å². The molecule has 1 saturated carbocycles. The smallest absolute Gasteiger partial charge is 0.263 e. The van der Waals surface area contributed by atoms with Crippen molar-refractivity contribution in [2.24, 2.45) is 11.1 Å². The van der Waals surface area contributed by atoms with Crippen molar-refractivity contribution in [2.45, 2.75) is 19.8 Å². The third kappa shape index (κ3) is 2.13. The summed E-state index contributed by atoms with van der Waals surface area (Å²) in [7, 11) is 1.87. The molecule has 0 atom stereocenters. The van der Waals surface area contributed by atoms with E-state index in [0.29, 0.717) is 6.54 Å². The summed E-state index contributed by atoms with van der Waals surface area (Å²) in [5, 5.41) is 1.96. The molecular weight excluding hydrogens is 220 g/mol. The van der Waals surface area contributed by atoms with Gasteiger partial charge in [-0.15, -0.1) is 11.3 Å². The zero-order valence-corrected chi connectivity index (χ0v) is 10.6. The standard InChI is InChI=1S/C12H18N2OS/c1-9-3-6-16-10(9)11(15)14(2)8-12(7-13)4-5-12/h3,6H,4-5,7-8,13H2,1-2H3. The second-order valence-corrected chi connectivity index (χ2v) is 5.71. The van der Waals surface area contributed by atoms with Crippen LogP contribution < -0.4 is 5.73 Å². The first kappa shape index (κ1) is 11.6. The van der Waals surface area contributed by atoms with E-state index >= 15 is 0 Å². The van der Waals surface area contributed by atoms with Crippen molar-refractivity contribution in [1.82, 2.24) is 4.90 Å². The number of hydrogen-bond acceptors (Lipinski definition) is 3. The molecule has 0 bridgehead atoms. The fourth-order valence-electron chi connectivity index (χ4n) is 1.94. The summed E-state index contributed by atoms with van der Waals surface area (Å²) in [6.45, 7) is 3.46. The number of carbonyl (C=O) groups excluding carboxylic acids is 1. The van der Waals surface area contributed by atoms with Crippen molar-refractivity contribution < 1.29 is 4.79 Å². The Morgan fingerprint density at radius 1 is 1.62 bits per heavy atom. The molecule has 0 saturated heterocycles. The topological polar surface area (TPSA) is 46.3 Å². The van der Waals surface area contributed by atoms with Crippen LogP contribution >= 0.6 is 11.3 Å². The van der Waals surface area contributed by atoms with Gasteiger partial charge in [0.05, 0.1) is 4.88 Å². The second-order valence-electron chi connectivity index (χ2n) is 4.80. The molecule has 1 aromatic heterocycles. The highest BCUT2D eigenvalue weighted by atomic mass is 32.1. The van der Waals surface area contributed by atoms with Gasteiger partial charge >= 0.3 is 0 Å². The van der Waals surface area contributed by atoms with Crippen LogP contribution in [0.25, 0.3) is 0 Å². The van der Waals surface area contributed by atoms with Gasteiger partial charge in [-0.2, -0.15) is 0 Å². The SMILES string of the molecule is Cc1ccsc1C(=O)N(C)CC1(CN)CC1. The average Bonchev–Trinajstić information content (AvgIpc) is 2.91. The first-order chi connectivity index (χ1) is 7.58. The molecule has 16 heavy (non-hydrogen) atoms. The molecule has 2 rings (SSSR count). The molecule has 88 valence electrons. The maximum absolute atomic E-state index is 12.1. The van der Waals surface area contributed by atoms with Gasteiger partial charge in [0.2, 0.25) is 0 Å². The van der Waals surface area contributed by atoms with Gasteiger partial charge in [0.15, 0.2) is 0 Å². The van der Waals surface area contributed by atoms with Gasteiger partial charge in [-0.1, -0.05) is 0 Å². The van der Waals surface area contributed by atoms with Crippen molar-refractivity contribution >= 4 is 17.2 Å². The van der Waals surface area contributed by atoms with Gasteiger partial charge < -0.3 is 10.6 Å². The number of carbonyl (C=O) groups is 1. The number of thiophene rings is 1. The van der Waals surface area contributed by atoms with E-state index in [2.05, 4.69) is 0 Å². The Labute approximate surface area is 100 Å². The predicted octanol–water partition coefficient (Wildman–Crippen LogP) is 1.87. The third-order valence-electron chi connectivity index (χ3n) is 3.37. The minimum Gasteiger partial charge on any atom is -0.340 e. The molecule has 0 radical (unpaired) electrons. The van der Waals surface area contributed by atoms with Gasteiger partial charge in [0, 0.05) is 19.0 Å². The lowest BCUT2D eigenvalue weighted by Gasteiger charge is -2.22. The molecule has 1 heterocycles. The summed E-state index contributed by atoms with van der Waals surface area (Å²) >= 11 is 1.52. The van der Waals surface area contributed by atoms with Gasteiger partial charge in [0.1, 0.15) is 0 Å². The molecule has 0 aliphatic heterocycles. The van der Waals surface area contributed by atoms with Gasteiger partial charge in [-0.25, -0.2) is 0 Å². The summed E-state index contributed by atoms with van der Waals surface area (Å²) in [6, 6.07) is 1.99. The van der Waals surface area contributed by atoms with Crippen LogP contribution in [0.4, 0.5) is 0 Å². The molecule has 1 fully saturated rings. The van der Waals surface area contributed by atoms with Crippen LogP contribution in [0.1, 0.15) is 28.1 Å². The normalized spacial score (nSPS) is 17.2. The van der Waals surface area contributed by atoms with Crippen molar-refractivity contribution in [2.75, 3.05) is 20.1 Å². The lowest BCUT2D eigenvalue weighted by molar-refractivity contribution is 0.0770. The van der Waals surface area contributed by atoms with Crippen LogP contribution in [-0.2, 0) is 0 Å². The Hall–Kier alpha value is -0.870. The van der Waals surface area contributed by atoms with Gasteiger partial charge in [-0.05, 0) is 43.3 Å². The molecular formula is C12H18N2OS. The van der Waals surface area contributed by atoms with E-state index < -0.39 is 0 Å². The van der Waals surface area contributed by atoms with E-state index in [0.717, 1.165) is 29.8 Å². The Bertz CT molecular complexity index is 395. The van der Waals surface area contributed by atoms with Crippen LogP contribution in [0.3, 0.4) is 0 Å². The molecule has 0 unspecified atom stereocenters. The molecule has 1 aliphatic carbocycles. The van der Waals surface area contributed by atoms with E-state index in [1.54, 1.807) is 0 Å². The Morgan fingerprint density at radius 3 is 2.75 bits per heavy atom. The summed E-state index contributed by atoms with van der Waals surface area (Å²) < 4.78 is 0. The maximum Gasteiger partial charge on any atom is 0.263 e. The van der Waals surface area contributed by atoms with Crippen molar-refractivity contribution in [3.8, 4) is 0 Å². The van der Waals surface area contributed by atoms with Gasteiger partial charge in [0.25, 0.3) is 5.91 Å². The Balaban J connectivity index is 2.03. The fraction of sp³-hybridized carbons (Fsp3) is 0.583. The summed E-state index contributed by atoms with van der Waals surface area (Å²) in [5.41, 5.74) is 7.02. The first-order valence-corrected chi connectivity index (χ1v) is 6.46. The Morgan fingerprint density at radius 2 is 2.31 bits per heavy atom. The molecule has 4 heteroatoms. The highest BCUT2D eigenvalue weighted by Gasteiger charge is 2.42. The van der Waals surface area contributed by atoms with E-state index in [-0.39, 0.29) is 11.3 Å². The highest BCUT2D eigenvalue weighted by Crippen LogP contribution is 2.45. The first-order valence-electron chi connectivity index (χ1n) is 5.58. The number of aryl methyl sites for hydroxylation is 1. The van der Waals surface area contributed by atoms with Crippen LogP contribution in [-0.4, -0.2) is 30.9 Å². The number of nitrogens with two attached hydrogens (primary N) is 1. The zero-order valence-electron chi connectivity index (χ0n) is 9.82. The van der Waals surface area contributed by atoms with E-state index in [4.69, 9.17) is 5.73 Å². The number of amides is 1. The molecule has 1 aliphatic rings. The van der Waals surface area contributed by atoms with Crippen LogP contribution in [0.5, 0.6) is 0 Å². The monoisotopic (exact) mass is 238 g/mol. The van der Waals surface area contributed by atoms with Crippen LogP contribution in [0, 0.1) is 12.3 Å². The highest BCUT2D eigenvalue weighted by molar-refractivity contribution is 7.12. The number of hydrogen-bond donors (Lipinski definition) is 1. The lowest BCUT2D eigenvalue weighted by atomic mass is 10.1. The van der Waals surface area contributed by atoms with E-state index in [9.17, 15) is 4.79 Å². The minimum absolute atomic E-state index is 0.132. The average molecular weight is 238 g/mol. The largest absolute Gasteiger partial charge is 0.340 e. The molecule has 2 N–H and O–H groups in total. The molecule has 1 amide bonds. The summed E-state index contributed by atoms with van der Waals surface area (Å²) in [4.78, 5) is 14.8. The molecule has 1 aromatic rings. The number of rotatable bonds is 4. The predicted molar refractivity (Wildman–Crippen MR) is 66.7 cm³/mol.